The Balaban J connectivity index is 1.98. The summed E-state index contributed by atoms with van der Waals surface area (Å²) in [6.07, 6.45) is 1.71. The molecule has 0 unspecified atom stereocenters. The van der Waals surface area contributed by atoms with E-state index >= 15 is 0 Å². The average Bonchev–Trinajstić information content (AvgIpc) is 2.83. The number of rotatable bonds is 3. The van der Waals surface area contributed by atoms with E-state index in [-0.39, 0.29) is 10.8 Å². The fraction of sp³-hybridized carbons (Fsp3) is 0.0625. The van der Waals surface area contributed by atoms with E-state index in [9.17, 15) is 13.2 Å². The zero-order valence-electron chi connectivity index (χ0n) is 12.1. The molecule has 0 saturated carbocycles. The van der Waals surface area contributed by atoms with Gasteiger partial charge in [0.25, 0.3) is 5.91 Å². The largest absolute Gasteiger partial charge is 0.321 e. The summed E-state index contributed by atoms with van der Waals surface area (Å²) < 4.78 is 25.7. The van der Waals surface area contributed by atoms with Crippen molar-refractivity contribution >= 4 is 44.9 Å². The number of nitrogens with one attached hydrogen (secondary N) is 2. The normalized spacial score (nSPS) is 15.6. The first-order valence-electron chi connectivity index (χ1n) is 6.77. The van der Waals surface area contributed by atoms with E-state index in [4.69, 9.17) is 11.6 Å². The highest BCUT2D eigenvalue weighted by Crippen LogP contribution is 2.34. The van der Waals surface area contributed by atoms with Crippen LogP contribution in [-0.4, -0.2) is 21.4 Å². The minimum Gasteiger partial charge on any atom is -0.321 e. The quantitative estimate of drug-likeness (QED) is 0.837. The Morgan fingerprint density at radius 3 is 2.48 bits per heavy atom. The van der Waals surface area contributed by atoms with Crippen LogP contribution in [0.1, 0.15) is 11.1 Å². The fourth-order valence-electron chi connectivity index (χ4n) is 2.34. The minimum absolute atomic E-state index is 0.171. The molecule has 0 aromatic heterocycles. The summed E-state index contributed by atoms with van der Waals surface area (Å²) in [7, 11) is -2.11. The standard InChI is InChI=1S/C16H13ClN2O3S/c1-18-23(21,22)12-5-2-10(3-6-12)8-14-13-7-4-11(17)9-15(13)19-16(14)20/h2-9,18H,1H3,(H,19,20)/b14-8+. The molecule has 0 atom stereocenters. The lowest BCUT2D eigenvalue weighted by molar-refractivity contribution is -0.110. The SMILES string of the molecule is CNS(=O)(=O)c1ccc(/C=C2/C(=O)Nc3cc(Cl)ccc32)cc1. The highest BCUT2D eigenvalue weighted by atomic mass is 35.5. The molecule has 0 radical (unpaired) electrons. The number of carbonyl (C=O) groups excluding carboxylic acids is 1. The molecule has 0 aliphatic carbocycles. The van der Waals surface area contributed by atoms with Crippen molar-refractivity contribution in [2.24, 2.45) is 0 Å². The van der Waals surface area contributed by atoms with Crippen LogP contribution in [0.25, 0.3) is 11.6 Å². The fourth-order valence-corrected chi connectivity index (χ4v) is 3.24. The van der Waals surface area contributed by atoms with Gasteiger partial charge in [0.2, 0.25) is 10.0 Å². The van der Waals surface area contributed by atoms with Crippen molar-refractivity contribution in [2.75, 3.05) is 12.4 Å². The monoisotopic (exact) mass is 348 g/mol. The van der Waals surface area contributed by atoms with Crippen molar-refractivity contribution in [1.29, 1.82) is 0 Å². The van der Waals surface area contributed by atoms with E-state index < -0.39 is 10.0 Å². The molecule has 1 aliphatic heterocycles. The molecule has 5 nitrogen and oxygen atoms in total. The van der Waals surface area contributed by atoms with E-state index in [0.717, 1.165) is 11.1 Å². The second kappa shape index (κ2) is 5.81. The summed E-state index contributed by atoms with van der Waals surface area (Å²) >= 11 is 5.92. The van der Waals surface area contributed by atoms with Crippen molar-refractivity contribution in [3.05, 3.63) is 58.6 Å². The summed E-state index contributed by atoms with van der Waals surface area (Å²) in [5.74, 6) is -0.214. The van der Waals surface area contributed by atoms with Crippen LogP contribution in [0.4, 0.5) is 5.69 Å². The van der Waals surface area contributed by atoms with Crippen molar-refractivity contribution < 1.29 is 13.2 Å². The van der Waals surface area contributed by atoms with Crippen LogP contribution < -0.4 is 10.0 Å². The molecular weight excluding hydrogens is 336 g/mol. The summed E-state index contributed by atoms with van der Waals surface area (Å²) in [5.41, 5.74) is 2.68. The van der Waals surface area contributed by atoms with Crippen LogP contribution in [0.2, 0.25) is 5.02 Å². The predicted molar refractivity (Wildman–Crippen MR) is 90.6 cm³/mol. The van der Waals surface area contributed by atoms with Gasteiger partial charge in [0.15, 0.2) is 0 Å². The van der Waals surface area contributed by atoms with Gasteiger partial charge in [-0.3, -0.25) is 4.79 Å². The first-order valence-corrected chi connectivity index (χ1v) is 8.63. The van der Waals surface area contributed by atoms with Crippen LogP contribution in [0.15, 0.2) is 47.4 Å². The molecule has 0 bridgehead atoms. The van der Waals surface area contributed by atoms with Gasteiger partial charge in [-0.25, -0.2) is 13.1 Å². The maximum absolute atomic E-state index is 12.1. The number of carbonyl (C=O) groups is 1. The molecule has 7 heteroatoms. The first-order chi connectivity index (χ1) is 10.9. The van der Waals surface area contributed by atoms with Crippen LogP contribution in [0.5, 0.6) is 0 Å². The van der Waals surface area contributed by atoms with E-state index in [1.54, 1.807) is 36.4 Å². The molecule has 0 saturated heterocycles. The Labute approximate surface area is 139 Å². The van der Waals surface area contributed by atoms with Crippen molar-refractivity contribution in [1.82, 2.24) is 4.72 Å². The van der Waals surface area contributed by atoms with Crippen LogP contribution >= 0.6 is 11.6 Å². The Bertz CT molecular complexity index is 919. The number of halogens is 1. The minimum atomic E-state index is -3.47. The number of sulfonamides is 1. The lowest BCUT2D eigenvalue weighted by Crippen LogP contribution is -2.18. The highest BCUT2D eigenvalue weighted by Gasteiger charge is 2.24. The zero-order valence-corrected chi connectivity index (χ0v) is 13.7. The highest BCUT2D eigenvalue weighted by molar-refractivity contribution is 7.89. The Morgan fingerprint density at radius 2 is 1.83 bits per heavy atom. The molecule has 1 amide bonds. The molecule has 2 aromatic carbocycles. The van der Waals surface area contributed by atoms with Crippen LogP contribution in [-0.2, 0) is 14.8 Å². The molecule has 2 aromatic rings. The molecule has 118 valence electrons. The molecule has 1 heterocycles. The molecule has 23 heavy (non-hydrogen) atoms. The number of fused-ring (bicyclic) bond motifs is 1. The Morgan fingerprint density at radius 1 is 1.13 bits per heavy atom. The number of amides is 1. The van der Waals surface area contributed by atoms with Gasteiger partial charge in [0.05, 0.1) is 10.6 Å². The van der Waals surface area contributed by atoms with Gasteiger partial charge in [-0.15, -0.1) is 0 Å². The third-order valence-electron chi connectivity index (χ3n) is 3.53. The zero-order chi connectivity index (χ0) is 16.6. The number of anilines is 1. The average molecular weight is 349 g/mol. The lowest BCUT2D eigenvalue weighted by Gasteiger charge is -2.03. The van der Waals surface area contributed by atoms with E-state index in [2.05, 4.69) is 10.0 Å². The summed E-state index contributed by atoms with van der Waals surface area (Å²) in [4.78, 5) is 12.3. The summed E-state index contributed by atoms with van der Waals surface area (Å²) in [6, 6.07) is 11.5. The smallest absolute Gasteiger partial charge is 0.256 e. The first kappa shape index (κ1) is 15.7. The lowest BCUT2D eigenvalue weighted by atomic mass is 10.0. The van der Waals surface area contributed by atoms with E-state index in [1.165, 1.54) is 19.2 Å². The molecule has 1 aliphatic rings. The van der Waals surface area contributed by atoms with E-state index in [1.807, 2.05) is 0 Å². The molecule has 2 N–H and O–H groups in total. The van der Waals surface area contributed by atoms with Gasteiger partial charge < -0.3 is 5.32 Å². The molecule has 3 rings (SSSR count). The van der Waals surface area contributed by atoms with Crippen LogP contribution in [0.3, 0.4) is 0 Å². The van der Waals surface area contributed by atoms with Crippen molar-refractivity contribution in [2.45, 2.75) is 4.90 Å². The van der Waals surface area contributed by atoms with Gasteiger partial charge in [-0.2, -0.15) is 0 Å². The Kier molecular flexibility index (Phi) is 3.97. The van der Waals surface area contributed by atoms with Crippen LogP contribution in [0, 0.1) is 0 Å². The van der Waals surface area contributed by atoms with Gasteiger partial charge in [-0.05, 0) is 43.0 Å². The maximum atomic E-state index is 12.1. The Hall–Kier alpha value is -2.15. The van der Waals surface area contributed by atoms with Crippen molar-refractivity contribution in [3.8, 4) is 0 Å². The third kappa shape index (κ3) is 3.01. The molecule has 0 spiro atoms. The molecule has 0 fully saturated rings. The predicted octanol–water partition coefficient (Wildman–Crippen LogP) is 2.74. The number of benzene rings is 2. The van der Waals surface area contributed by atoms with Gasteiger partial charge >= 0.3 is 0 Å². The van der Waals surface area contributed by atoms with Crippen molar-refractivity contribution in [3.63, 3.8) is 0 Å². The number of hydrogen-bond donors (Lipinski definition) is 2. The summed E-state index contributed by atoms with van der Waals surface area (Å²) in [6.45, 7) is 0. The number of hydrogen-bond acceptors (Lipinski definition) is 3. The van der Waals surface area contributed by atoms with Gasteiger partial charge in [0.1, 0.15) is 0 Å². The second-order valence-corrected chi connectivity index (χ2v) is 7.30. The topological polar surface area (TPSA) is 75.3 Å². The van der Waals surface area contributed by atoms with E-state index in [0.29, 0.717) is 16.3 Å². The maximum Gasteiger partial charge on any atom is 0.256 e. The van der Waals surface area contributed by atoms with Gasteiger partial charge in [0, 0.05) is 16.2 Å². The molecular formula is C16H13ClN2O3S. The van der Waals surface area contributed by atoms with Gasteiger partial charge in [-0.1, -0.05) is 29.8 Å². The second-order valence-electron chi connectivity index (χ2n) is 4.98. The third-order valence-corrected chi connectivity index (χ3v) is 5.20. The summed E-state index contributed by atoms with van der Waals surface area (Å²) in [5, 5.41) is 3.30.